The number of carbonyl (C=O) groups is 2. The van der Waals surface area contributed by atoms with Crippen molar-refractivity contribution in [1.29, 1.82) is 0 Å². The van der Waals surface area contributed by atoms with Crippen molar-refractivity contribution < 1.29 is 22.4 Å². The van der Waals surface area contributed by atoms with Gasteiger partial charge >= 0.3 is 0 Å². The fraction of sp³-hybridized carbons (Fsp3) is 0.212. The number of carbonyl (C=O) groups excluding carboxylic acids is 2. The minimum Gasteiger partial charge on any atom is -0.357 e. The first-order valence-corrected chi connectivity index (χ1v) is 15.1. The summed E-state index contributed by atoms with van der Waals surface area (Å²) in [4.78, 5) is 28.9. The summed E-state index contributed by atoms with van der Waals surface area (Å²) in [5, 5.41) is 2.62. The quantitative estimate of drug-likeness (QED) is 0.254. The van der Waals surface area contributed by atoms with Crippen molar-refractivity contribution in [1.82, 2.24) is 10.2 Å². The first kappa shape index (κ1) is 30.5. The number of amides is 2. The van der Waals surface area contributed by atoms with Gasteiger partial charge in [-0.1, -0.05) is 91.9 Å². The minimum absolute atomic E-state index is 0.0245. The molecule has 4 aromatic rings. The number of sulfonamides is 1. The maximum absolute atomic E-state index is 14.9. The number of anilines is 1. The molecule has 9 heteroatoms. The molecule has 0 aromatic heterocycles. The van der Waals surface area contributed by atoms with Crippen LogP contribution in [0, 0.1) is 5.82 Å². The van der Waals surface area contributed by atoms with Crippen LogP contribution in [0.5, 0.6) is 0 Å². The number of benzene rings is 4. The van der Waals surface area contributed by atoms with E-state index in [1.165, 1.54) is 30.1 Å². The number of nitrogens with zero attached hydrogens (tertiary/aromatic N) is 2. The Morgan fingerprint density at radius 2 is 1.38 bits per heavy atom. The van der Waals surface area contributed by atoms with Crippen molar-refractivity contribution in [2.45, 2.75) is 37.2 Å². The Morgan fingerprint density at radius 1 is 0.810 bits per heavy atom. The molecule has 0 radical (unpaired) electrons. The molecule has 4 aromatic carbocycles. The van der Waals surface area contributed by atoms with E-state index in [0.717, 1.165) is 15.4 Å². The van der Waals surface area contributed by atoms with Gasteiger partial charge in [0.2, 0.25) is 11.8 Å². The average molecular weight is 588 g/mol. The maximum atomic E-state index is 14.9. The molecular formula is C33H34FN3O4S. The summed E-state index contributed by atoms with van der Waals surface area (Å²) in [5.41, 5.74) is 2.10. The monoisotopic (exact) mass is 587 g/mol. The van der Waals surface area contributed by atoms with E-state index in [0.29, 0.717) is 12.1 Å². The molecule has 0 fully saturated rings. The normalized spacial score (nSPS) is 11.9. The van der Waals surface area contributed by atoms with Gasteiger partial charge in [0.15, 0.2) is 0 Å². The van der Waals surface area contributed by atoms with Gasteiger partial charge in [0.25, 0.3) is 10.0 Å². The number of rotatable bonds is 12. The van der Waals surface area contributed by atoms with Crippen LogP contribution in [0.15, 0.2) is 114 Å². The summed E-state index contributed by atoms with van der Waals surface area (Å²) in [5.74, 6) is -1.63. The Bertz CT molecular complexity index is 1610. The second-order valence-corrected chi connectivity index (χ2v) is 11.6. The van der Waals surface area contributed by atoms with Crippen LogP contribution in [-0.2, 0) is 39.0 Å². The largest absolute Gasteiger partial charge is 0.357 e. The Morgan fingerprint density at radius 3 is 2.00 bits per heavy atom. The van der Waals surface area contributed by atoms with E-state index < -0.39 is 40.2 Å². The molecule has 0 saturated carbocycles. The Hall–Kier alpha value is -4.50. The predicted molar refractivity (Wildman–Crippen MR) is 162 cm³/mol. The maximum Gasteiger partial charge on any atom is 0.264 e. The van der Waals surface area contributed by atoms with Crippen LogP contribution in [0.1, 0.15) is 23.6 Å². The van der Waals surface area contributed by atoms with Crippen molar-refractivity contribution in [3.05, 3.63) is 132 Å². The van der Waals surface area contributed by atoms with Gasteiger partial charge in [-0.3, -0.25) is 13.9 Å². The van der Waals surface area contributed by atoms with E-state index in [1.807, 2.05) is 49.4 Å². The molecular weight excluding hydrogens is 553 g/mol. The highest BCUT2D eigenvalue weighted by atomic mass is 32.2. The Labute approximate surface area is 246 Å². The van der Waals surface area contributed by atoms with Gasteiger partial charge in [-0.15, -0.1) is 0 Å². The van der Waals surface area contributed by atoms with Crippen LogP contribution >= 0.6 is 0 Å². The second-order valence-electron chi connectivity index (χ2n) is 9.74. The van der Waals surface area contributed by atoms with Crippen LogP contribution in [0.3, 0.4) is 0 Å². The van der Waals surface area contributed by atoms with E-state index >= 15 is 0 Å². The molecule has 0 saturated heterocycles. The zero-order valence-electron chi connectivity index (χ0n) is 23.6. The van der Waals surface area contributed by atoms with Crippen molar-refractivity contribution in [3.63, 3.8) is 0 Å². The first-order chi connectivity index (χ1) is 20.3. The number of hydrogen-bond donors (Lipinski definition) is 1. The highest BCUT2D eigenvalue weighted by Crippen LogP contribution is 2.28. The number of para-hydroxylation sites is 1. The first-order valence-electron chi connectivity index (χ1n) is 13.7. The lowest BCUT2D eigenvalue weighted by Crippen LogP contribution is -2.53. The number of hydrogen-bond acceptors (Lipinski definition) is 4. The van der Waals surface area contributed by atoms with Gasteiger partial charge in [0.1, 0.15) is 18.4 Å². The Kier molecular flexibility index (Phi) is 10.1. The molecule has 0 aliphatic carbocycles. The highest BCUT2D eigenvalue weighted by Gasteiger charge is 2.35. The molecule has 218 valence electrons. The molecule has 7 nitrogen and oxygen atoms in total. The third kappa shape index (κ3) is 7.03. The fourth-order valence-corrected chi connectivity index (χ4v) is 6.29. The van der Waals surface area contributed by atoms with Gasteiger partial charge in [0, 0.05) is 25.6 Å². The van der Waals surface area contributed by atoms with E-state index in [9.17, 15) is 22.4 Å². The van der Waals surface area contributed by atoms with Crippen molar-refractivity contribution in [2.24, 2.45) is 0 Å². The van der Waals surface area contributed by atoms with Crippen molar-refractivity contribution >= 4 is 27.5 Å². The SMILES string of the molecule is CCc1ccccc1N(CC(=O)N(Cc1ccccc1F)[C@H](Cc1ccccc1)C(=O)NC)S(=O)(=O)c1ccccc1. The van der Waals surface area contributed by atoms with Gasteiger partial charge in [0.05, 0.1) is 10.6 Å². The molecule has 2 amide bonds. The molecule has 0 bridgehead atoms. The summed E-state index contributed by atoms with van der Waals surface area (Å²) in [7, 11) is -2.73. The van der Waals surface area contributed by atoms with E-state index in [-0.39, 0.29) is 23.4 Å². The zero-order chi connectivity index (χ0) is 30.1. The summed E-state index contributed by atoms with van der Waals surface area (Å²) in [6.45, 7) is 1.08. The van der Waals surface area contributed by atoms with Gasteiger partial charge in [-0.2, -0.15) is 0 Å². The molecule has 0 spiro atoms. The number of halogens is 1. The van der Waals surface area contributed by atoms with Crippen molar-refractivity contribution in [2.75, 3.05) is 17.9 Å². The molecule has 42 heavy (non-hydrogen) atoms. The van der Waals surface area contributed by atoms with E-state index in [2.05, 4.69) is 5.32 Å². The predicted octanol–water partition coefficient (Wildman–Crippen LogP) is 4.97. The molecule has 0 aliphatic rings. The number of nitrogens with one attached hydrogen (secondary N) is 1. The van der Waals surface area contributed by atoms with Gasteiger partial charge in [-0.05, 0) is 41.8 Å². The molecule has 0 unspecified atom stereocenters. The van der Waals surface area contributed by atoms with Crippen LogP contribution in [0.2, 0.25) is 0 Å². The second kappa shape index (κ2) is 13.9. The standard InChI is InChI=1S/C33H34FN3O4S/c1-3-26-16-11-13-21-30(26)37(42(40,41)28-18-8-5-9-19-28)24-32(38)36(23-27-17-10-12-20-29(27)34)31(33(39)35-2)22-25-14-6-4-7-15-25/h4-21,31H,3,22-24H2,1-2H3,(H,35,39)/t31-/m1/s1. The number of aryl methyl sites for hydroxylation is 1. The highest BCUT2D eigenvalue weighted by molar-refractivity contribution is 7.92. The lowest BCUT2D eigenvalue weighted by molar-refractivity contribution is -0.139. The lowest BCUT2D eigenvalue weighted by Gasteiger charge is -2.34. The summed E-state index contributed by atoms with van der Waals surface area (Å²) < 4.78 is 44.0. The van der Waals surface area contributed by atoms with E-state index in [1.54, 1.807) is 48.5 Å². The molecule has 4 rings (SSSR count). The summed E-state index contributed by atoms with van der Waals surface area (Å²) >= 11 is 0. The molecule has 1 N–H and O–H groups in total. The van der Waals surface area contributed by atoms with E-state index in [4.69, 9.17) is 0 Å². The smallest absolute Gasteiger partial charge is 0.264 e. The Balaban J connectivity index is 1.82. The summed E-state index contributed by atoms with van der Waals surface area (Å²) in [6, 6.07) is 29.1. The van der Waals surface area contributed by atoms with Crippen LogP contribution in [0.4, 0.5) is 10.1 Å². The van der Waals surface area contributed by atoms with Gasteiger partial charge < -0.3 is 10.2 Å². The summed E-state index contributed by atoms with van der Waals surface area (Å²) in [6.07, 6.45) is 0.677. The van der Waals surface area contributed by atoms with Crippen LogP contribution < -0.4 is 9.62 Å². The van der Waals surface area contributed by atoms with Crippen molar-refractivity contribution in [3.8, 4) is 0 Å². The molecule has 0 aliphatic heterocycles. The molecule has 0 heterocycles. The topological polar surface area (TPSA) is 86.8 Å². The lowest BCUT2D eigenvalue weighted by atomic mass is 10.0. The average Bonchev–Trinajstić information content (AvgIpc) is 3.02. The minimum atomic E-state index is -4.20. The molecule has 1 atom stereocenters. The van der Waals surface area contributed by atoms with Crippen LogP contribution in [-0.4, -0.2) is 44.8 Å². The third-order valence-corrected chi connectivity index (χ3v) is 8.84. The third-order valence-electron chi connectivity index (χ3n) is 7.07. The van der Waals surface area contributed by atoms with Crippen LogP contribution in [0.25, 0.3) is 0 Å². The number of likely N-dealkylation sites (N-methyl/N-ethyl adjacent to an activating group) is 1. The zero-order valence-corrected chi connectivity index (χ0v) is 24.4. The van der Waals surface area contributed by atoms with Gasteiger partial charge in [-0.25, -0.2) is 12.8 Å². The fourth-order valence-electron chi connectivity index (χ4n) is 4.82.